The normalized spacial score (nSPS) is 11.7. The van der Waals surface area contributed by atoms with Gasteiger partial charge in [-0.3, -0.25) is 4.79 Å². The number of carbonyl (C=O) groups excluding carboxylic acids is 1. The van der Waals surface area contributed by atoms with E-state index < -0.39 is 0 Å². The van der Waals surface area contributed by atoms with Crippen LogP contribution in [0.3, 0.4) is 0 Å². The standard InChI is InChI=1S/C28H32N2O2/c1-20-16-21(2)18-24(17-20)22-11-13-28(32-15-14-30(3,4)5)23(19-22)10-12-27(31)25-8-6-7-9-26(25)29/h6-13,16-19H,14-15H2,1-5H3,(H-,29,31)/p+1. The van der Waals surface area contributed by atoms with E-state index in [1.54, 1.807) is 18.2 Å². The Hall–Kier alpha value is -3.37. The minimum atomic E-state index is -0.128. The lowest BCUT2D eigenvalue weighted by molar-refractivity contribution is -0.870. The van der Waals surface area contributed by atoms with Gasteiger partial charge < -0.3 is 15.0 Å². The summed E-state index contributed by atoms with van der Waals surface area (Å²) in [4.78, 5) is 12.7. The Morgan fingerprint density at radius 1 is 0.938 bits per heavy atom. The molecule has 166 valence electrons. The third-order valence-corrected chi connectivity index (χ3v) is 5.22. The van der Waals surface area contributed by atoms with Crippen LogP contribution in [0.5, 0.6) is 5.75 Å². The zero-order valence-corrected chi connectivity index (χ0v) is 19.7. The first-order valence-corrected chi connectivity index (χ1v) is 10.9. The first-order chi connectivity index (χ1) is 15.1. The van der Waals surface area contributed by atoms with E-state index in [0.29, 0.717) is 17.9 Å². The lowest BCUT2D eigenvalue weighted by Gasteiger charge is -2.24. The number of ether oxygens (including phenoxy) is 1. The quantitative estimate of drug-likeness (QED) is 0.222. The second-order valence-corrected chi connectivity index (χ2v) is 9.28. The van der Waals surface area contributed by atoms with Gasteiger partial charge in [-0.1, -0.05) is 47.5 Å². The number of allylic oxidation sites excluding steroid dienone is 1. The van der Waals surface area contributed by atoms with Crippen molar-refractivity contribution in [3.63, 3.8) is 0 Å². The molecular formula is C28H33N2O2+. The van der Waals surface area contributed by atoms with Crippen LogP contribution in [-0.2, 0) is 0 Å². The average molecular weight is 430 g/mol. The number of nitrogen functional groups attached to an aromatic ring is 1. The fraction of sp³-hybridized carbons (Fsp3) is 0.250. The number of hydrogen-bond donors (Lipinski definition) is 1. The lowest BCUT2D eigenvalue weighted by atomic mass is 9.98. The molecule has 0 saturated carbocycles. The van der Waals surface area contributed by atoms with E-state index in [2.05, 4.69) is 65.3 Å². The fourth-order valence-electron chi connectivity index (χ4n) is 3.54. The van der Waals surface area contributed by atoms with Crippen LogP contribution in [0.4, 0.5) is 5.69 Å². The minimum absolute atomic E-state index is 0.128. The Morgan fingerprint density at radius 2 is 1.62 bits per heavy atom. The Labute approximate surface area is 191 Å². The number of ketones is 1. The van der Waals surface area contributed by atoms with Gasteiger partial charge in [-0.2, -0.15) is 0 Å². The number of carbonyl (C=O) groups is 1. The van der Waals surface area contributed by atoms with Crippen LogP contribution < -0.4 is 10.5 Å². The van der Waals surface area contributed by atoms with Gasteiger partial charge in [-0.25, -0.2) is 0 Å². The molecule has 0 amide bonds. The van der Waals surface area contributed by atoms with Crippen LogP contribution in [0.25, 0.3) is 17.2 Å². The number of nitrogens with two attached hydrogens (primary N) is 1. The maximum absolute atomic E-state index is 12.7. The van der Waals surface area contributed by atoms with E-state index in [1.807, 2.05) is 24.3 Å². The van der Waals surface area contributed by atoms with Crippen molar-refractivity contribution in [1.29, 1.82) is 0 Å². The smallest absolute Gasteiger partial charge is 0.187 e. The number of benzene rings is 3. The molecule has 4 nitrogen and oxygen atoms in total. The van der Waals surface area contributed by atoms with E-state index in [1.165, 1.54) is 11.1 Å². The molecule has 0 atom stereocenters. The molecule has 0 radical (unpaired) electrons. The second-order valence-electron chi connectivity index (χ2n) is 9.28. The van der Waals surface area contributed by atoms with Gasteiger partial charge in [-0.05, 0) is 61.4 Å². The Morgan fingerprint density at radius 3 is 2.28 bits per heavy atom. The summed E-state index contributed by atoms with van der Waals surface area (Å²) in [7, 11) is 6.41. The predicted octanol–water partition coefficient (Wildman–Crippen LogP) is 5.53. The molecule has 3 rings (SSSR count). The molecule has 0 aliphatic rings. The number of rotatable bonds is 8. The van der Waals surface area contributed by atoms with Crippen LogP contribution in [0.2, 0.25) is 0 Å². The van der Waals surface area contributed by atoms with Gasteiger partial charge in [0.25, 0.3) is 0 Å². The van der Waals surface area contributed by atoms with Crippen molar-refractivity contribution < 1.29 is 14.0 Å². The predicted molar refractivity (Wildman–Crippen MR) is 134 cm³/mol. The van der Waals surface area contributed by atoms with Crippen molar-refractivity contribution in [3.05, 3.63) is 89.0 Å². The van der Waals surface area contributed by atoms with E-state index >= 15 is 0 Å². The van der Waals surface area contributed by atoms with Gasteiger partial charge in [0.15, 0.2) is 5.78 Å². The number of quaternary nitrogens is 1. The summed E-state index contributed by atoms with van der Waals surface area (Å²) in [6, 6.07) is 19.8. The van der Waals surface area contributed by atoms with E-state index in [-0.39, 0.29) is 5.78 Å². The molecule has 0 spiro atoms. The molecule has 0 saturated heterocycles. The SMILES string of the molecule is Cc1cc(C)cc(-c2ccc(OCC[N+](C)(C)C)c(C=CC(=O)c3ccccc3N)c2)c1. The highest BCUT2D eigenvalue weighted by atomic mass is 16.5. The molecule has 0 fully saturated rings. The first kappa shape index (κ1) is 23.3. The maximum Gasteiger partial charge on any atom is 0.187 e. The average Bonchev–Trinajstić information content (AvgIpc) is 2.71. The monoisotopic (exact) mass is 429 g/mol. The molecule has 0 unspecified atom stereocenters. The molecule has 0 aliphatic heterocycles. The Kier molecular flexibility index (Phi) is 7.16. The molecule has 0 aromatic heterocycles. The van der Waals surface area contributed by atoms with Crippen LogP contribution in [0.1, 0.15) is 27.0 Å². The number of anilines is 1. The Bertz CT molecular complexity index is 1120. The van der Waals surface area contributed by atoms with Crippen molar-refractivity contribution >= 4 is 17.5 Å². The molecular weight excluding hydrogens is 396 g/mol. The molecule has 0 heterocycles. The lowest BCUT2D eigenvalue weighted by Crippen LogP contribution is -2.38. The molecule has 2 N–H and O–H groups in total. The zero-order chi connectivity index (χ0) is 23.3. The van der Waals surface area contributed by atoms with Gasteiger partial charge in [0.2, 0.25) is 0 Å². The molecule has 0 aliphatic carbocycles. The number of para-hydroxylation sites is 1. The van der Waals surface area contributed by atoms with Gasteiger partial charge in [0, 0.05) is 16.8 Å². The number of nitrogens with zero attached hydrogens (tertiary/aromatic N) is 1. The van der Waals surface area contributed by atoms with Crippen LogP contribution >= 0.6 is 0 Å². The van der Waals surface area contributed by atoms with Crippen molar-refractivity contribution in [1.82, 2.24) is 0 Å². The minimum Gasteiger partial charge on any atom is -0.487 e. The third kappa shape index (κ3) is 6.32. The summed E-state index contributed by atoms with van der Waals surface area (Å²) < 4.78 is 6.93. The zero-order valence-electron chi connectivity index (χ0n) is 19.7. The summed E-state index contributed by atoms with van der Waals surface area (Å²) in [6.07, 6.45) is 3.39. The molecule has 3 aromatic carbocycles. The van der Waals surface area contributed by atoms with Gasteiger partial charge >= 0.3 is 0 Å². The molecule has 0 bridgehead atoms. The Balaban J connectivity index is 1.95. The highest BCUT2D eigenvalue weighted by molar-refractivity contribution is 6.10. The fourth-order valence-corrected chi connectivity index (χ4v) is 3.54. The number of aryl methyl sites for hydroxylation is 2. The second kappa shape index (κ2) is 9.84. The molecule has 3 aromatic rings. The van der Waals surface area contributed by atoms with Crippen molar-refractivity contribution in [2.75, 3.05) is 40.0 Å². The van der Waals surface area contributed by atoms with E-state index in [9.17, 15) is 4.79 Å². The van der Waals surface area contributed by atoms with Gasteiger partial charge in [0.1, 0.15) is 18.9 Å². The highest BCUT2D eigenvalue weighted by Crippen LogP contribution is 2.29. The third-order valence-electron chi connectivity index (χ3n) is 5.22. The summed E-state index contributed by atoms with van der Waals surface area (Å²) >= 11 is 0. The largest absolute Gasteiger partial charge is 0.487 e. The topological polar surface area (TPSA) is 52.3 Å². The van der Waals surface area contributed by atoms with Crippen molar-refractivity contribution in [2.45, 2.75) is 13.8 Å². The van der Waals surface area contributed by atoms with Crippen LogP contribution in [0, 0.1) is 13.8 Å². The highest BCUT2D eigenvalue weighted by Gasteiger charge is 2.11. The summed E-state index contributed by atoms with van der Waals surface area (Å²) in [5.41, 5.74) is 12.5. The molecule has 32 heavy (non-hydrogen) atoms. The van der Waals surface area contributed by atoms with Gasteiger partial charge in [0.05, 0.1) is 21.1 Å². The maximum atomic E-state index is 12.7. The summed E-state index contributed by atoms with van der Waals surface area (Å²) in [5.74, 6) is 0.633. The van der Waals surface area contributed by atoms with Crippen LogP contribution in [0.15, 0.2) is 66.7 Å². The van der Waals surface area contributed by atoms with Crippen LogP contribution in [-0.4, -0.2) is 44.6 Å². The summed E-state index contributed by atoms with van der Waals surface area (Å²) in [6.45, 7) is 5.67. The number of likely N-dealkylation sites (N-methyl/N-ethyl adjacent to an activating group) is 1. The van der Waals surface area contributed by atoms with Crippen molar-refractivity contribution in [2.24, 2.45) is 0 Å². The molecule has 4 heteroatoms. The van der Waals surface area contributed by atoms with E-state index in [0.717, 1.165) is 33.5 Å². The number of hydrogen-bond acceptors (Lipinski definition) is 3. The van der Waals surface area contributed by atoms with E-state index in [4.69, 9.17) is 10.5 Å². The summed E-state index contributed by atoms with van der Waals surface area (Å²) in [5, 5.41) is 0. The van der Waals surface area contributed by atoms with Crippen molar-refractivity contribution in [3.8, 4) is 16.9 Å². The first-order valence-electron chi connectivity index (χ1n) is 10.9. The van der Waals surface area contributed by atoms with Gasteiger partial charge in [-0.15, -0.1) is 0 Å².